The first-order valence-corrected chi connectivity index (χ1v) is 16.2. The van der Waals surface area contributed by atoms with Gasteiger partial charge in [-0.05, 0) is 72.7 Å². The Morgan fingerprint density at radius 1 is 0.643 bits per heavy atom. The van der Waals surface area contributed by atoms with Gasteiger partial charge in [-0.3, -0.25) is 0 Å². The summed E-state index contributed by atoms with van der Waals surface area (Å²) in [5, 5.41) is 0. The summed E-state index contributed by atoms with van der Waals surface area (Å²) in [5.41, 5.74) is 12.5. The fourth-order valence-corrected chi connectivity index (χ4v) is 8.77. The van der Waals surface area contributed by atoms with Crippen LogP contribution in [0.5, 0.6) is 0 Å². The van der Waals surface area contributed by atoms with Gasteiger partial charge in [0.15, 0.2) is 11.0 Å². The number of aromatic nitrogens is 2. The molecule has 1 aliphatic heterocycles. The van der Waals surface area contributed by atoms with Crippen LogP contribution >= 0.6 is 0 Å². The van der Waals surface area contributed by atoms with E-state index in [1.54, 1.807) is 0 Å². The van der Waals surface area contributed by atoms with Crippen LogP contribution in [-0.2, 0) is 16.4 Å². The van der Waals surface area contributed by atoms with Crippen LogP contribution in [0, 0.1) is 0 Å². The molecule has 214 valence electrons. The van der Waals surface area contributed by atoms with Crippen LogP contribution in [0.25, 0.3) is 39.2 Å². The third kappa shape index (κ3) is 3.36. The van der Waals surface area contributed by atoms with Crippen LogP contribution < -0.4 is 4.57 Å². The molecule has 4 aromatic carbocycles. The molecule has 0 amide bonds. The van der Waals surface area contributed by atoms with Gasteiger partial charge in [-0.1, -0.05) is 121 Å². The highest BCUT2D eigenvalue weighted by molar-refractivity contribution is 5.90. The third-order valence-electron chi connectivity index (χ3n) is 11.6. The van der Waals surface area contributed by atoms with Crippen molar-refractivity contribution in [2.75, 3.05) is 0 Å². The second kappa shape index (κ2) is 9.69. The molecular weight excluding hydrogens is 508 g/mol. The van der Waals surface area contributed by atoms with Crippen LogP contribution in [0.15, 0.2) is 91.0 Å². The lowest BCUT2D eigenvalue weighted by Gasteiger charge is -2.47. The number of imidazole rings is 1. The van der Waals surface area contributed by atoms with Gasteiger partial charge in [-0.15, -0.1) is 0 Å². The first-order chi connectivity index (χ1) is 20.4. The van der Waals surface area contributed by atoms with Gasteiger partial charge in [-0.2, -0.15) is 4.57 Å². The summed E-state index contributed by atoms with van der Waals surface area (Å²) in [6, 6.07) is 34.7. The Kier molecular flexibility index (Phi) is 6.28. The Labute approximate surface area is 252 Å². The number of nitrogens with zero attached hydrogens (tertiary/aromatic N) is 2. The molecule has 42 heavy (non-hydrogen) atoms. The molecule has 3 atom stereocenters. The Hall–Kier alpha value is -3.65. The second-order valence-electron chi connectivity index (χ2n) is 13.4. The van der Waals surface area contributed by atoms with E-state index in [1.165, 1.54) is 81.6 Å². The Bertz CT molecular complexity index is 1830. The smallest absolute Gasteiger partial charge is 0.216 e. The number of benzene rings is 4. The van der Waals surface area contributed by atoms with E-state index >= 15 is 0 Å². The van der Waals surface area contributed by atoms with Gasteiger partial charge in [0.2, 0.25) is 0 Å². The topological polar surface area (TPSA) is 8.81 Å². The summed E-state index contributed by atoms with van der Waals surface area (Å²) in [7, 11) is 0. The molecule has 0 saturated carbocycles. The van der Waals surface area contributed by atoms with Crippen LogP contribution in [0.4, 0.5) is 0 Å². The molecular formula is C40H45N2+. The molecule has 2 heterocycles. The normalized spacial score (nSPS) is 23.9. The number of fused-ring (bicyclic) bond motifs is 8. The van der Waals surface area contributed by atoms with Gasteiger partial charge in [0, 0.05) is 16.4 Å². The maximum Gasteiger partial charge on any atom is 0.295 e. The largest absolute Gasteiger partial charge is 0.295 e. The Morgan fingerprint density at radius 2 is 1.31 bits per heavy atom. The van der Waals surface area contributed by atoms with E-state index in [1.807, 2.05) is 0 Å². The molecule has 0 saturated heterocycles. The van der Waals surface area contributed by atoms with E-state index in [-0.39, 0.29) is 16.4 Å². The lowest BCUT2D eigenvalue weighted by molar-refractivity contribution is -0.743. The number of hydrogen-bond donors (Lipinski definition) is 0. The molecule has 1 aromatic heterocycles. The zero-order chi connectivity index (χ0) is 29.3. The monoisotopic (exact) mass is 553 g/mol. The Balaban J connectivity index is 1.61. The third-order valence-corrected chi connectivity index (χ3v) is 11.6. The molecule has 0 N–H and O–H groups in total. The quantitative estimate of drug-likeness (QED) is 0.140. The minimum absolute atomic E-state index is 0.00799. The molecule has 0 fully saturated rings. The molecule has 0 spiro atoms. The summed E-state index contributed by atoms with van der Waals surface area (Å²) in [4.78, 5) is 0. The molecule has 2 aliphatic rings. The van der Waals surface area contributed by atoms with Crippen molar-refractivity contribution < 1.29 is 4.57 Å². The first-order valence-electron chi connectivity index (χ1n) is 16.2. The van der Waals surface area contributed by atoms with Gasteiger partial charge >= 0.3 is 0 Å². The Morgan fingerprint density at radius 3 is 2.05 bits per heavy atom. The SMILES string of the molecule is CCCCCC1(C)c2ccccc2-c2c(-n3c4[n+](c5ccccc53)C(C)(CC)C(C)(CC)c3ccccc3-4)cccc21. The summed E-state index contributed by atoms with van der Waals surface area (Å²) in [6.07, 6.45) is 7.10. The fraction of sp³-hybridized carbons (Fsp3) is 0.375. The fourth-order valence-electron chi connectivity index (χ4n) is 8.77. The predicted octanol–water partition coefficient (Wildman–Crippen LogP) is 10.3. The van der Waals surface area contributed by atoms with Crippen molar-refractivity contribution in [3.63, 3.8) is 0 Å². The molecule has 0 radical (unpaired) electrons. The highest BCUT2D eigenvalue weighted by Gasteiger charge is 2.56. The van der Waals surface area contributed by atoms with Crippen LogP contribution in [0.3, 0.4) is 0 Å². The highest BCUT2D eigenvalue weighted by atomic mass is 15.2. The molecule has 7 rings (SSSR count). The van der Waals surface area contributed by atoms with Crippen molar-refractivity contribution >= 4 is 11.0 Å². The van der Waals surface area contributed by atoms with Crippen LogP contribution in [-0.4, -0.2) is 4.57 Å². The van der Waals surface area contributed by atoms with E-state index < -0.39 is 0 Å². The van der Waals surface area contributed by atoms with Gasteiger partial charge in [0.1, 0.15) is 11.2 Å². The van der Waals surface area contributed by atoms with E-state index in [0.717, 1.165) is 12.8 Å². The summed E-state index contributed by atoms with van der Waals surface area (Å²) < 4.78 is 5.33. The summed E-state index contributed by atoms with van der Waals surface area (Å²) in [6.45, 7) is 14.5. The van der Waals surface area contributed by atoms with Crippen molar-refractivity contribution in [1.82, 2.24) is 4.57 Å². The van der Waals surface area contributed by atoms with E-state index in [2.05, 4.69) is 142 Å². The molecule has 1 aliphatic carbocycles. The van der Waals surface area contributed by atoms with Crippen molar-refractivity contribution in [2.24, 2.45) is 0 Å². The van der Waals surface area contributed by atoms with Crippen molar-refractivity contribution in [3.8, 4) is 28.2 Å². The van der Waals surface area contributed by atoms with Crippen molar-refractivity contribution in [1.29, 1.82) is 0 Å². The molecule has 0 bridgehead atoms. The predicted molar refractivity (Wildman–Crippen MR) is 177 cm³/mol. The maximum atomic E-state index is 2.72. The minimum atomic E-state index is -0.0825. The van der Waals surface area contributed by atoms with E-state index in [0.29, 0.717) is 0 Å². The van der Waals surface area contributed by atoms with Gasteiger partial charge in [0.05, 0.1) is 5.56 Å². The average Bonchev–Trinajstić information content (AvgIpc) is 3.51. The molecule has 3 unspecified atom stereocenters. The average molecular weight is 554 g/mol. The summed E-state index contributed by atoms with van der Waals surface area (Å²) in [5.74, 6) is 1.31. The zero-order valence-electron chi connectivity index (χ0n) is 26.3. The number of para-hydroxylation sites is 2. The van der Waals surface area contributed by atoms with Crippen molar-refractivity contribution in [2.45, 2.75) is 96.4 Å². The lowest BCUT2D eigenvalue weighted by atomic mass is 9.61. The van der Waals surface area contributed by atoms with Crippen LogP contribution in [0.2, 0.25) is 0 Å². The number of hydrogen-bond acceptors (Lipinski definition) is 0. The highest BCUT2D eigenvalue weighted by Crippen LogP contribution is 2.55. The van der Waals surface area contributed by atoms with Gasteiger partial charge in [0.25, 0.3) is 5.82 Å². The van der Waals surface area contributed by atoms with Crippen LogP contribution in [0.1, 0.15) is 96.8 Å². The standard InChI is InChI=1S/C40H45N2/c1-7-10-17-27-38(4)30-21-13-11-19-28(30)36-32(38)23-18-26-35(36)41-33-24-15-16-25-34(33)42-37(41)29-20-12-14-22-31(29)39(5,8-2)40(42,6)9-3/h11-16,18-26H,7-10,17,27H2,1-6H3/q+1. The number of rotatable bonds is 7. The zero-order valence-corrected chi connectivity index (χ0v) is 26.3. The summed E-state index contributed by atoms with van der Waals surface area (Å²) >= 11 is 0. The molecule has 2 nitrogen and oxygen atoms in total. The van der Waals surface area contributed by atoms with Gasteiger partial charge < -0.3 is 0 Å². The van der Waals surface area contributed by atoms with E-state index in [4.69, 9.17) is 0 Å². The molecule has 5 aromatic rings. The second-order valence-corrected chi connectivity index (χ2v) is 13.4. The lowest BCUT2D eigenvalue weighted by Crippen LogP contribution is -2.67. The minimum Gasteiger partial charge on any atom is -0.216 e. The van der Waals surface area contributed by atoms with E-state index in [9.17, 15) is 0 Å². The van der Waals surface area contributed by atoms with Crippen molar-refractivity contribution in [3.05, 3.63) is 108 Å². The van der Waals surface area contributed by atoms with Gasteiger partial charge in [-0.25, -0.2) is 4.57 Å². The number of unbranched alkanes of at least 4 members (excludes halogenated alkanes) is 2. The maximum absolute atomic E-state index is 2.72. The molecule has 2 heteroatoms. The first kappa shape index (κ1) is 27.2.